The quantitative estimate of drug-likeness (QED) is 0.771. The molecule has 5 heteroatoms. The van der Waals surface area contributed by atoms with Crippen LogP contribution in [0.15, 0.2) is 36.4 Å². The lowest BCUT2D eigenvalue weighted by molar-refractivity contribution is -0.116. The summed E-state index contributed by atoms with van der Waals surface area (Å²) in [6.45, 7) is 9.29. The van der Waals surface area contributed by atoms with Gasteiger partial charge in [-0.15, -0.1) is 0 Å². The summed E-state index contributed by atoms with van der Waals surface area (Å²) in [5.41, 5.74) is 5.59. The van der Waals surface area contributed by atoms with E-state index in [0.29, 0.717) is 5.69 Å². The van der Waals surface area contributed by atoms with Crippen LogP contribution < -0.4 is 16.0 Å². The smallest absolute Gasteiger partial charge is 0.246 e. The van der Waals surface area contributed by atoms with Gasteiger partial charge in [0.2, 0.25) is 11.8 Å². The third-order valence-corrected chi connectivity index (χ3v) is 3.88. The minimum Gasteiger partial charge on any atom is -0.374 e. The lowest BCUT2D eigenvalue weighted by atomic mass is 10.0. The zero-order valence-corrected chi connectivity index (χ0v) is 15.4. The Labute approximate surface area is 148 Å². The van der Waals surface area contributed by atoms with Crippen LogP contribution in [0.4, 0.5) is 17.1 Å². The number of carbonyl (C=O) groups excluding carboxylic acids is 2. The summed E-state index contributed by atoms with van der Waals surface area (Å²) in [4.78, 5) is 23.7. The minimum atomic E-state index is -0.423. The van der Waals surface area contributed by atoms with Crippen LogP contribution in [0.3, 0.4) is 0 Å². The highest BCUT2D eigenvalue weighted by Gasteiger charge is 2.15. The first kappa shape index (κ1) is 18.5. The molecular weight excluding hydrogens is 314 g/mol. The van der Waals surface area contributed by atoms with Crippen LogP contribution in [0.25, 0.3) is 0 Å². The fourth-order valence-electron chi connectivity index (χ4n) is 2.81. The Morgan fingerprint density at radius 2 is 1.52 bits per heavy atom. The van der Waals surface area contributed by atoms with Crippen LogP contribution in [0.2, 0.25) is 0 Å². The van der Waals surface area contributed by atoms with Gasteiger partial charge in [0.25, 0.3) is 0 Å². The zero-order valence-electron chi connectivity index (χ0n) is 15.4. The number of hydrogen-bond donors (Lipinski definition) is 3. The molecule has 132 valence electrons. The van der Waals surface area contributed by atoms with E-state index in [1.165, 1.54) is 12.5 Å². The molecule has 0 unspecified atom stereocenters. The fraction of sp³-hybridized carbons (Fsp3) is 0.300. The Bertz CT molecular complexity index is 776. The standard InChI is InChI=1S/C20H25N3O2/c1-12-9-13(2)19(14(3)10-12)23-20(25)15(4)21-17-7-6-8-18(11-17)22-16(5)24/h6-11,15,21H,1-5H3,(H,22,24)(H,23,25)/t15-/m0/s1. The van der Waals surface area contributed by atoms with Crippen LogP contribution in [0.1, 0.15) is 30.5 Å². The van der Waals surface area contributed by atoms with Gasteiger partial charge in [-0.3, -0.25) is 9.59 Å². The third-order valence-electron chi connectivity index (χ3n) is 3.88. The number of aryl methyl sites for hydroxylation is 3. The van der Waals surface area contributed by atoms with E-state index in [-0.39, 0.29) is 11.8 Å². The van der Waals surface area contributed by atoms with Gasteiger partial charge in [-0.2, -0.15) is 0 Å². The van der Waals surface area contributed by atoms with E-state index in [9.17, 15) is 9.59 Å². The van der Waals surface area contributed by atoms with Crippen LogP contribution in [-0.4, -0.2) is 17.9 Å². The lowest BCUT2D eigenvalue weighted by Crippen LogP contribution is -2.32. The summed E-state index contributed by atoms with van der Waals surface area (Å²) in [5, 5.41) is 8.89. The van der Waals surface area contributed by atoms with Crippen molar-refractivity contribution in [3.8, 4) is 0 Å². The summed E-state index contributed by atoms with van der Waals surface area (Å²) in [7, 11) is 0. The molecule has 0 radical (unpaired) electrons. The molecule has 2 rings (SSSR count). The van der Waals surface area contributed by atoms with Crippen molar-refractivity contribution in [3.63, 3.8) is 0 Å². The van der Waals surface area contributed by atoms with Crippen molar-refractivity contribution in [2.45, 2.75) is 40.7 Å². The Hall–Kier alpha value is -2.82. The van der Waals surface area contributed by atoms with E-state index >= 15 is 0 Å². The predicted octanol–water partition coefficient (Wildman–Crippen LogP) is 4.01. The van der Waals surface area contributed by atoms with Crippen molar-refractivity contribution in [1.29, 1.82) is 0 Å². The third kappa shape index (κ3) is 5.08. The Kier molecular flexibility index (Phi) is 5.80. The molecular formula is C20H25N3O2. The Morgan fingerprint density at radius 3 is 2.12 bits per heavy atom. The van der Waals surface area contributed by atoms with Gasteiger partial charge in [-0.25, -0.2) is 0 Å². The molecule has 0 aliphatic rings. The molecule has 0 aliphatic carbocycles. The van der Waals surface area contributed by atoms with Gasteiger partial charge < -0.3 is 16.0 Å². The van der Waals surface area contributed by atoms with E-state index in [1.807, 2.05) is 32.9 Å². The SMILES string of the molecule is CC(=O)Nc1cccc(N[C@@H](C)C(=O)Nc2c(C)cc(C)cc2C)c1. The average molecular weight is 339 g/mol. The average Bonchev–Trinajstić information content (AvgIpc) is 2.50. The largest absolute Gasteiger partial charge is 0.374 e. The van der Waals surface area contributed by atoms with Crippen LogP contribution in [0, 0.1) is 20.8 Å². The van der Waals surface area contributed by atoms with Gasteiger partial charge >= 0.3 is 0 Å². The van der Waals surface area contributed by atoms with E-state index in [0.717, 1.165) is 22.5 Å². The maximum Gasteiger partial charge on any atom is 0.246 e. The molecule has 0 bridgehead atoms. The molecule has 5 nitrogen and oxygen atoms in total. The molecule has 2 aromatic carbocycles. The Balaban J connectivity index is 2.07. The number of carbonyl (C=O) groups is 2. The summed E-state index contributed by atoms with van der Waals surface area (Å²) >= 11 is 0. The van der Waals surface area contributed by atoms with Crippen molar-refractivity contribution in [1.82, 2.24) is 0 Å². The maximum absolute atomic E-state index is 12.5. The number of anilines is 3. The van der Waals surface area contributed by atoms with E-state index in [1.54, 1.807) is 19.1 Å². The van der Waals surface area contributed by atoms with Crippen LogP contribution >= 0.6 is 0 Å². The fourth-order valence-corrected chi connectivity index (χ4v) is 2.81. The minimum absolute atomic E-state index is 0.111. The lowest BCUT2D eigenvalue weighted by Gasteiger charge is -2.18. The Morgan fingerprint density at radius 1 is 0.920 bits per heavy atom. The first-order chi connectivity index (χ1) is 11.8. The molecule has 0 fully saturated rings. The van der Waals surface area contributed by atoms with Crippen LogP contribution in [-0.2, 0) is 9.59 Å². The summed E-state index contributed by atoms with van der Waals surface area (Å²) < 4.78 is 0. The van der Waals surface area contributed by atoms with Crippen LogP contribution in [0.5, 0.6) is 0 Å². The number of hydrogen-bond acceptors (Lipinski definition) is 3. The molecule has 3 N–H and O–H groups in total. The highest BCUT2D eigenvalue weighted by molar-refractivity contribution is 5.97. The molecule has 2 amide bonds. The van der Waals surface area contributed by atoms with E-state index < -0.39 is 6.04 Å². The predicted molar refractivity (Wildman–Crippen MR) is 103 cm³/mol. The molecule has 0 spiro atoms. The number of rotatable bonds is 5. The topological polar surface area (TPSA) is 70.2 Å². The second-order valence-electron chi connectivity index (χ2n) is 6.39. The molecule has 0 heterocycles. The molecule has 0 aliphatic heterocycles. The van der Waals surface area contributed by atoms with Crippen molar-refractivity contribution < 1.29 is 9.59 Å². The van der Waals surface area contributed by atoms with E-state index in [2.05, 4.69) is 28.1 Å². The second kappa shape index (κ2) is 7.83. The summed E-state index contributed by atoms with van der Waals surface area (Å²) in [6, 6.07) is 11.0. The number of benzene rings is 2. The monoisotopic (exact) mass is 339 g/mol. The molecule has 0 aromatic heterocycles. The highest BCUT2D eigenvalue weighted by atomic mass is 16.2. The molecule has 1 atom stereocenters. The van der Waals surface area contributed by atoms with Crippen molar-refractivity contribution in [2.75, 3.05) is 16.0 Å². The van der Waals surface area contributed by atoms with Gasteiger partial charge in [0.15, 0.2) is 0 Å². The summed E-state index contributed by atoms with van der Waals surface area (Å²) in [6.07, 6.45) is 0. The first-order valence-electron chi connectivity index (χ1n) is 8.29. The second-order valence-corrected chi connectivity index (χ2v) is 6.39. The highest BCUT2D eigenvalue weighted by Crippen LogP contribution is 2.22. The first-order valence-corrected chi connectivity index (χ1v) is 8.29. The van der Waals surface area contributed by atoms with Gasteiger partial charge in [0, 0.05) is 24.0 Å². The van der Waals surface area contributed by atoms with Gasteiger partial charge in [0.1, 0.15) is 6.04 Å². The normalized spacial score (nSPS) is 11.6. The summed E-state index contributed by atoms with van der Waals surface area (Å²) in [5.74, 6) is -0.242. The van der Waals surface area contributed by atoms with Crippen molar-refractivity contribution in [2.24, 2.45) is 0 Å². The zero-order chi connectivity index (χ0) is 18.6. The van der Waals surface area contributed by atoms with Gasteiger partial charge in [0.05, 0.1) is 0 Å². The van der Waals surface area contributed by atoms with E-state index in [4.69, 9.17) is 0 Å². The molecule has 25 heavy (non-hydrogen) atoms. The molecule has 2 aromatic rings. The molecule has 0 saturated carbocycles. The van der Waals surface area contributed by atoms with Gasteiger partial charge in [-0.05, 0) is 57.0 Å². The van der Waals surface area contributed by atoms with Crippen molar-refractivity contribution in [3.05, 3.63) is 53.1 Å². The molecule has 0 saturated heterocycles. The maximum atomic E-state index is 12.5. The van der Waals surface area contributed by atoms with Crippen molar-refractivity contribution >= 4 is 28.9 Å². The number of amides is 2. The van der Waals surface area contributed by atoms with Gasteiger partial charge in [-0.1, -0.05) is 23.8 Å². The number of nitrogens with one attached hydrogen (secondary N) is 3.